The molecule has 5 aliphatic rings. The summed E-state index contributed by atoms with van der Waals surface area (Å²) < 4.78 is 25.4. The van der Waals surface area contributed by atoms with Crippen molar-refractivity contribution >= 4 is 45.1 Å². The van der Waals surface area contributed by atoms with E-state index in [4.69, 9.17) is 38.9 Å². The zero-order chi connectivity index (χ0) is 52.2. The van der Waals surface area contributed by atoms with Crippen molar-refractivity contribution in [1.29, 1.82) is 0 Å². The van der Waals surface area contributed by atoms with E-state index >= 15 is 0 Å². The maximum atomic E-state index is 6.72. The predicted octanol–water partition coefficient (Wildman–Crippen LogP) is 15.8. The van der Waals surface area contributed by atoms with Crippen molar-refractivity contribution in [1.82, 2.24) is 5.32 Å². The third kappa shape index (κ3) is 13.9. The van der Waals surface area contributed by atoms with Crippen LogP contribution in [0.3, 0.4) is 0 Å². The predicted molar refractivity (Wildman–Crippen MR) is 315 cm³/mol. The Hall–Kier alpha value is -7.36. The standard InChI is InChI=1S/C64H68N4O4.C2H7N/c1-5-9-10-11-12-13-14-15-18-41-72-60-29-17-16-28-51(60)64-58-36-34-56(67-58)62(46-23-20-26-49(43-46)70-39-7-3)54-32-30-52(65-54)61(45-22-19-25-48(42-45)69-38-6-2)53-31-33-55(66-53)63(57-35-37-59(64)68-57)47-24-21-27-50(44-47)71-40-8-4;1-3-2/h16-17,19-37,42-44H,5-15,18,38-41H2,1-4H3;3H,1-2H3. The van der Waals surface area contributed by atoms with E-state index in [1.165, 1.54) is 44.9 Å². The number of rotatable bonds is 24. The van der Waals surface area contributed by atoms with Gasteiger partial charge in [0.2, 0.25) is 0 Å². The van der Waals surface area contributed by atoms with Crippen LogP contribution in [0.1, 0.15) is 127 Å². The molecular formula is C66H75N5O4. The third-order valence-electron chi connectivity index (χ3n) is 13.1. The summed E-state index contributed by atoms with van der Waals surface area (Å²) >= 11 is 0. The van der Waals surface area contributed by atoms with Gasteiger partial charge in [0.05, 0.1) is 72.1 Å². The van der Waals surface area contributed by atoms with Crippen molar-refractivity contribution in [2.75, 3.05) is 40.5 Å². The highest BCUT2D eigenvalue weighted by Gasteiger charge is 2.29. The van der Waals surface area contributed by atoms with Crippen molar-refractivity contribution in [2.45, 2.75) is 105 Å². The Bertz CT molecular complexity index is 2990. The van der Waals surface area contributed by atoms with Gasteiger partial charge in [-0.1, -0.05) is 134 Å². The number of fused-ring (bicyclic) bond motifs is 4. The van der Waals surface area contributed by atoms with Gasteiger partial charge in [-0.25, -0.2) is 20.0 Å². The lowest BCUT2D eigenvalue weighted by Gasteiger charge is -2.16. The number of nitrogens with zero attached hydrogens (tertiary/aromatic N) is 4. The van der Waals surface area contributed by atoms with Crippen LogP contribution in [0.15, 0.2) is 188 Å². The van der Waals surface area contributed by atoms with Gasteiger partial charge in [0.1, 0.15) is 23.0 Å². The highest BCUT2D eigenvalue weighted by Crippen LogP contribution is 2.41. The third-order valence-corrected chi connectivity index (χ3v) is 13.1. The van der Waals surface area contributed by atoms with Crippen LogP contribution in [0.5, 0.6) is 23.0 Å². The molecule has 4 aromatic carbocycles. The second kappa shape index (κ2) is 27.8. The number of allylic oxidation sites excluding steroid dienone is 12. The van der Waals surface area contributed by atoms with E-state index in [1.54, 1.807) is 0 Å². The van der Waals surface area contributed by atoms with Crippen LogP contribution < -0.4 is 24.3 Å². The summed E-state index contributed by atoms with van der Waals surface area (Å²) in [6, 6.07) is 33.1. The van der Waals surface area contributed by atoms with Gasteiger partial charge in [-0.05, 0) is 148 Å². The summed E-state index contributed by atoms with van der Waals surface area (Å²) in [5.74, 6) is 3.20. The molecule has 8 bridgehead atoms. The summed E-state index contributed by atoms with van der Waals surface area (Å²) in [7, 11) is 3.75. The second-order valence-corrected chi connectivity index (χ2v) is 19.2. The van der Waals surface area contributed by atoms with E-state index in [-0.39, 0.29) is 0 Å². The summed E-state index contributed by atoms with van der Waals surface area (Å²) in [5, 5.41) is 2.75. The van der Waals surface area contributed by atoms with Gasteiger partial charge in [-0.15, -0.1) is 0 Å². The number of unbranched alkanes of at least 4 members (excludes halogenated alkanes) is 8. The fourth-order valence-electron chi connectivity index (χ4n) is 9.53. The molecule has 75 heavy (non-hydrogen) atoms. The van der Waals surface area contributed by atoms with Crippen LogP contribution in [0.2, 0.25) is 0 Å². The van der Waals surface area contributed by atoms with Crippen LogP contribution in [0.25, 0.3) is 22.3 Å². The van der Waals surface area contributed by atoms with Gasteiger partial charge in [-0.3, -0.25) is 0 Å². The summed E-state index contributed by atoms with van der Waals surface area (Å²) in [6.45, 7) is 11.1. The smallest absolute Gasteiger partial charge is 0.127 e. The highest BCUT2D eigenvalue weighted by molar-refractivity contribution is 6.39. The Balaban J connectivity index is 0.00000243. The Labute approximate surface area is 446 Å². The number of ether oxygens (including phenoxy) is 4. The first-order valence-corrected chi connectivity index (χ1v) is 27.5. The van der Waals surface area contributed by atoms with E-state index in [9.17, 15) is 0 Å². The van der Waals surface area contributed by atoms with Crippen LogP contribution in [0.4, 0.5) is 0 Å². The van der Waals surface area contributed by atoms with Crippen molar-refractivity contribution in [3.05, 3.63) is 191 Å². The summed E-state index contributed by atoms with van der Waals surface area (Å²) in [5.41, 5.74) is 13.6. The molecule has 0 radical (unpaired) electrons. The second-order valence-electron chi connectivity index (χ2n) is 19.2. The van der Waals surface area contributed by atoms with E-state index in [0.717, 1.165) is 145 Å². The molecule has 4 aromatic rings. The Morgan fingerprint density at radius 1 is 0.347 bits per heavy atom. The minimum absolute atomic E-state index is 0.620. The minimum Gasteiger partial charge on any atom is -0.494 e. The fraction of sp³-hybridized carbons (Fsp3) is 0.333. The van der Waals surface area contributed by atoms with Gasteiger partial charge >= 0.3 is 0 Å². The average Bonchev–Trinajstić information content (AvgIpc) is 4.30. The average molecular weight is 1000 g/mol. The van der Waals surface area contributed by atoms with Crippen LogP contribution in [-0.2, 0) is 0 Å². The van der Waals surface area contributed by atoms with Crippen molar-refractivity contribution in [2.24, 2.45) is 20.0 Å². The Morgan fingerprint density at radius 3 is 1.11 bits per heavy atom. The molecule has 0 saturated carbocycles. The van der Waals surface area contributed by atoms with Crippen molar-refractivity contribution in [3.63, 3.8) is 0 Å². The van der Waals surface area contributed by atoms with Gasteiger partial charge in [0.25, 0.3) is 0 Å². The lowest BCUT2D eigenvalue weighted by atomic mass is 9.97. The molecule has 5 heterocycles. The number of para-hydroxylation sites is 1. The highest BCUT2D eigenvalue weighted by atomic mass is 16.5. The van der Waals surface area contributed by atoms with Crippen molar-refractivity contribution in [3.8, 4) is 23.0 Å². The van der Waals surface area contributed by atoms with Crippen LogP contribution >= 0.6 is 0 Å². The first-order valence-electron chi connectivity index (χ1n) is 27.5. The molecule has 0 unspecified atom stereocenters. The maximum absolute atomic E-state index is 6.72. The topological polar surface area (TPSA) is 98.4 Å². The minimum atomic E-state index is 0.620. The molecule has 0 fully saturated rings. The summed E-state index contributed by atoms with van der Waals surface area (Å²) in [4.78, 5) is 22.1. The molecule has 5 aliphatic heterocycles. The molecule has 0 saturated heterocycles. The van der Waals surface area contributed by atoms with E-state index < -0.39 is 0 Å². The van der Waals surface area contributed by atoms with Gasteiger partial charge in [-0.2, -0.15) is 0 Å². The maximum Gasteiger partial charge on any atom is 0.127 e. The zero-order valence-electron chi connectivity index (χ0n) is 45.1. The lowest BCUT2D eigenvalue weighted by molar-refractivity contribution is 0.303. The van der Waals surface area contributed by atoms with Gasteiger partial charge in [0.15, 0.2) is 0 Å². The molecule has 9 nitrogen and oxygen atoms in total. The Kier molecular flexibility index (Phi) is 20.0. The zero-order valence-corrected chi connectivity index (χ0v) is 45.1. The number of aliphatic imine (C=N–C) groups is 4. The van der Waals surface area contributed by atoms with Crippen LogP contribution in [0, 0.1) is 0 Å². The first-order chi connectivity index (χ1) is 37.0. The molecule has 0 spiro atoms. The van der Waals surface area contributed by atoms with E-state index in [2.05, 4.69) is 142 Å². The molecule has 0 aliphatic carbocycles. The molecule has 0 aromatic heterocycles. The van der Waals surface area contributed by atoms with Crippen molar-refractivity contribution < 1.29 is 18.9 Å². The van der Waals surface area contributed by atoms with Gasteiger partial charge < -0.3 is 24.3 Å². The molecule has 0 atom stereocenters. The van der Waals surface area contributed by atoms with E-state index in [0.29, 0.717) is 26.4 Å². The molecule has 9 rings (SSSR count). The number of hydrogen-bond donors (Lipinski definition) is 1. The molecule has 388 valence electrons. The first kappa shape index (κ1) is 53.9. The SMILES string of the molecule is CCCCCCCCCCCOc1ccccc1C1=C2C=CC(=N2)C(c2cccc(OCCC)c2)=C2C=CC(=N2)C(c2cccc(OCCC)c2)=C2C=CC(=N2)C(c2cccc(OCCC)c2)=C2C=CC1=N2.CNC. The fourth-order valence-corrected chi connectivity index (χ4v) is 9.53. The quantitative estimate of drug-likeness (QED) is 0.0705. The normalized spacial score (nSPS) is 15.3. The summed E-state index contributed by atoms with van der Waals surface area (Å²) in [6.07, 6.45) is 30.8. The lowest BCUT2D eigenvalue weighted by Crippen LogP contribution is -2.06. The Morgan fingerprint density at radius 2 is 0.707 bits per heavy atom. The van der Waals surface area contributed by atoms with Crippen LogP contribution in [-0.4, -0.2) is 63.4 Å². The van der Waals surface area contributed by atoms with Gasteiger partial charge in [0, 0.05) is 27.9 Å². The number of nitrogens with one attached hydrogen (secondary N) is 1. The largest absolute Gasteiger partial charge is 0.494 e. The number of hydrogen-bond acceptors (Lipinski definition) is 9. The molecular weight excluding hydrogens is 927 g/mol. The van der Waals surface area contributed by atoms with E-state index in [1.807, 2.05) is 50.5 Å². The molecule has 1 N–H and O–H groups in total. The monoisotopic (exact) mass is 1000 g/mol. The number of benzene rings is 4. The molecule has 9 heteroatoms. The molecule has 0 amide bonds.